The first-order valence-corrected chi connectivity index (χ1v) is 9.43. The van der Waals surface area contributed by atoms with Crippen molar-refractivity contribution in [2.75, 3.05) is 19.7 Å². The summed E-state index contributed by atoms with van der Waals surface area (Å²) in [4.78, 5) is 12.7. The first-order valence-electron chi connectivity index (χ1n) is 8.68. The highest BCUT2D eigenvalue weighted by atomic mass is 35.5. The van der Waals surface area contributed by atoms with Crippen LogP contribution in [0.5, 0.6) is 0 Å². The molecule has 0 unspecified atom stereocenters. The Morgan fingerprint density at radius 1 is 1.36 bits per heavy atom. The molecule has 150 valence electrons. The summed E-state index contributed by atoms with van der Waals surface area (Å²) in [6, 6.07) is 7.42. The Morgan fingerprint density at radius 2 is 2.11 bits per heavy atom. The summed E-state index contributed by atoms with van der Waals surface area (Å²) in [6.07, 6.45) is -0.268. The molecular formula is C19H21Cl3N4O2. The number of aromatic nitrogens is 2. The molecule has 1 aliphatic rings. The van der Waals surface area contributed by atoms with E-state index in [2.05, 4.69) is 10.4 Å². The van der Waals surface area contributed by atoms with Crippen LogP contribution in [0.3, 0.4) is 0 Å². The third-order valence-electron chi connectivity index (χ3n) is 4.84. The van der Waals surface area contributed by atoms with E-state index < -0.39 is 0 Å². The molecule has 1 fully saturated rings. The van der Waals surface area contributed by atoms with Crippen molar-refractivity contribution in [2.24, 2.45) is 5.92 Å². The second kappa shape index (κ2) is 9.73. The number of hydrogen-bond donors (Lipinski definition) is 1. The Kier molecular flexibility index (Phi) is 7.87. The van der Waals surface area contributed by atoms with E-state index in [4.69, 9.17) is 27.9 Å². The van der Waals surface area contributed by atoms with Gasteiger partial charge in [0.05, 0.1) is 35.0 Å². The van der Waals surface area contributed by atoms with Crippen LogP contribution in [0.1, 0.15) is 28.5 Å². The maximum Gasteiger partial charge on any atom is 0.284 e. The summed E-state index contributed by atoms with van der Waals surface area (Å²) in [6.45, 7) is 5.76. The zero-order valence-corrected chi connectivity index (χ0v) is 17.9. The smallest absolute Gasteiger partial charge is 0.284 e. The predicted molar refractivity (Wildman–Crippen MR) is 111 cm³/mol. The molecule has 1 aliphatic heterocycles. The topological polar surface area (TPSA) is 79.9 Å². The molecule has 1 aromatic carbocycles. The monoisotopic (exact) mass is 442 g/mol. The Balaban J connectivity index is 0.00000280. The second-order valence-electron chi connectivity index (χ2n) is 6.61. The Labute approximate surface area is 179 Å². The summed E-state index contributed by atoms with van der Waals surface area (Å²) in [5, 5.41) is 18.0. The summed E-state index contributed by atoms with van der Waals surface area (Å²) in [5.41, 5.74) is 1.94. The number of halogens is 3. The first kappa shape index (κ1) is 22.7. The summed E-state index contributed by atoms with van der Waals surface area (Å²) < 4.78 is 7.41. The number of rotatable bonds is 3. The van der Waals surface area contributed by atoms with Gasteiger partial charge < -0.3 is 10.1 Å². The molecular weight excluding hydrogens is 423 g/mol. The van der Waals surface area contributed by atoms with Gasteiger partial charge in [-0.2, -0.15) is 10.4 Å². The van der Waals surface area contributed by atoms with Gasteiger partial charge in [0, 0.05) is 19.0 Å². The first-order chi connectivity index (χ1) is 12.9. The average molecular weight is 444 g/mol. The summed E-state index contributed by atoms with van der Waals surface area (Å²) in [5.74, 6) is -0.0661. The van der Waals surface area contributed by atoms with Gasteiger partial charge >= 0.3 is 0 Å². The lowest BCUT2D eigenvalue weighted by Crippen LogP contribution is -2.35. The molecule has 3 rings (SSSR count). The van der Waals surface area contributed by atoms with Crippen molar-refractivity contribution in [2.45, 2.75) is 26.5 Å². The lowest BCUT2D eigenvalue weighted by Gasteiger charge is -2.26. The van der Waals surface area contributed by atoms with Crippen molar-refractivity contribution in [1.82, 2.24) is 15.1 Å². The van der Waals surface area contributed by atoms with Crippen LogP contribution in [0, 0.1) is 31.1 Å². The van der Waals surface area contributed by atoms with Crippen molar-refractivity contribution in [3.8, 4) is 6.07 Å². The predicted octanol–water partition coefficient (Wildman–Crippen LogP) is 3.44. The fourth-order valence-electron chi connectivity index (χ4n) is 3.26. The van der Waals surface area contributed by atoms with E-state index in [0.29, 0.717) is 47.5 Å². The summed E-state index contributed by atoms with van der Waals surface area (Å²) >= 11 is 12.2. The molecule has 0 amide bonds. The molecule has 2 heterocycles. The lowest BCUT2D eigenvalue weighted by molar-refractivity contribution is 0.0238. The molecule has 0 saturated carbocycles. The highest BCUT2D eigenvalue weighted by Crippen LogP contribution is 2.32. The third kappa shape index (κ3) is 4.68. The molecule has 1 saturated heterocycles. The molecule has 28 heavy (non-hydrogen) atoms. The van der Waals surface area contributed by atoms with Crippen LogP contribution >= 0.6 is 35.6 Å². The van der Waals surface area contributed by atoms with E-state index in [1.165, 1.54) is 4.68 Å². The molecule has 0 bridgehead atoms. The molecule has 0 radical (unpaired) electrons. The van der Waals surface area contributed by atoms with Gasteiger partial charge in [0.2, 0.25) is 0 Å². The standard InChI is InChI=1S/C19H20Cl2N4O2.ClH/c1-11-12(2)24-25(19(26)15(11)8-22)10-14-9-23-5-6-27-18(14)13-3-4-16(20)17(21)7-13;/h3-4,7,14,18,23H,5-6,9-10H2,1-2H3;1H/t14-,18-;/m0./s1. The molecule has 2 aromatic rings. The van der Waals surface area contributed by atoms with E-state index in [9.17, 15) is 10.1 Å². The zero-order valence-electron chi connectivity index (χ0n) is 15.5. The molecule has 0 aliphatic carbocycles. The number of benzene rings is 1. The minimum atomic E-state index is -0.377. The van der Waals surface area contributed by atoms with Crippen molar-refractivity contribution in [3.05, 3.63) is 61.0 Å². The minimum Gasteiger partial charge on any atom is -0.372 e. The number of aryl methyl sites for hydroxylation is 1. The molecule has 0 spiro atoms. The fourth-order valence-corrected chi connectivity index (χ4v) is 3.56. The fraction of sp³-hybridized carbons (Fsp3) is 0.421. The largest absolute Gasteiger partial charge is 0.372 e. The Morgan fingerprint density at radius 3 is 2.79 bits per heavy atom. The van der Waals surface area contributed by atoms with Crippen molar-refractivity contribution in [3.63, 3.8) is 0 Å². The van der Waals surface area contributed by atoms with E-state index in [-0.39, 0.29) is 35.6 Å². The highest BCUT2D eigenvalue weighted by Gasteiger charge is 2.28. The maximum atomic E-state index is 12.7. The second-order valence-corrected chi connectivity index (χ2v) is 7.43. The van der Waals surface area contributed by atoms with Crippen LogP contribution in [-0.2, 0) is 11.3 Å². The van der Waals surface area contributed by atoms with Gasteiger partial charge in [-0.1, -0.05) is 29.3 Å². The third-order valence-corrected chi connectivity index (χ3v) is 5.58. The van der Waals surface area contributed by atoms with Gasteiger partial charge in [0.25, 0.3) is 5.56 Å². The molecule has 6 nitrogen and oxygen atoms in total. The Bertz CT molecular complexity index is 955. The number of ether oxygens (including phenoxy) is 1. The number of hydrogen-bond acceptors (Lipinski definition) is 5. The minimum absolute atomic E-state index is 0. The van der Waals surface area contributed by atoms with Crippen LogP contribution in [0.4, 0.5) is 0 Å². The average Bonchev–Trinajstić information content (AvgIpc) is 2.88. The SMILES string of the molecule is Cc1nn(C[C@@H]2CNCCO[C@H]2c2ccc(Cl)c(Cl)c2)c(=O)c(C#N)c1C.Cl. The molecule has 1 N–H and O–H groups in total. The molecule has 9 heteroatoms. The van der Waals surface area contributed by atoms with Crippen molar-refractivity contribution >= 4 is 35.6 Å². The highest BCUT2D eigenvalue weighted by molar-refractivity contribution is 6.42. The normalized spacial score (nSPS) is 19.4. The van der Waals surface area contributed by atoms with Crippen molar-refractivity contribution in [1.29, 1.82) is 5.26 Å². The van der Waals surface area contributed by atoms with Crippen molar-refractivity contribution < 1.29 is 4.74 Å². The van der Waals surface area contributed by atoms with E-state index in [0.717, 1.165) is 5.56 Å². The van der Waals surface area contributed by atoms with Gasteiger partial charge in [-0.15, -0.1) is 12.4 Å². The zero-order chi connectivity index (χ0) is 19.6. The van der Waals surface area contributed by atoms with E-state index >= 15 is 0 Å². The lowest BCUT2D eigenvalue weighted by atomic mass is 9.95. The number of nitrogens with zero attached hydrogens (tertiary/aromatic N) is 3. The van der Waals surface area contributed by atoms with E-state index in [1.54, 1.807) is 26.0 Å². The summed E-state index contributed by atoms with van der Waals surface area (Å²) in [7, 11) is 0. The van der Waals surface area contributed by atoms with Gasteiger partial charge in [-0.05, 0) is 37.1 Å². The van der Waals surface area contributed by atoms with E-state index in [1.807, 2.05) is 12.1 Å². The quantitative estimate of drug-likeness (QED) is 0.786. The van der Waals surface area contributed by atoms with Crippen LogP contribution in [0.2, 0.25) is 10.0 Å². The van der Waals surface area contributed by atoms with Gasteiger partial charge in [-0.3, -0.25) is 4.79 Å². The van der Waals surface area contributed by atoms with Gasteiger partial charge in [0.1, 0.15) is 11.6 Å². The van der Waals surface area contributed by atoms with Crippen LogP contribution in [0.15, 0.2) is 23.0 Å². The van der Waals surface area contributed by atoms with Gasteiger partial charge in [0.15, 0.2) is 0 Å². The number of nitriles is 1. The maximum absolute atomic E-state index is 12.7. The molecule has 2 atom stereocenters. The van der Waals surface area contributed by atoms with Gasteiger partial charge in [-0.25, -0.2) is 4.68 Å². The van der Waals surface area contributed by atoms with Crippen LogP contribution < -0.4 is 10.9 Å². The van der Waals surface area contributed by atoms with Crippen LogP contribution in [0.25, 0.3) is 0 Å². The molecule has 1 aromatic heterocycles. The van der Waals surface area contributed by atoms with Crippen LogP contribution in [-0.4, -0.2) is 29.5 Å². The number of nitrogens with one attached hydrogen (secondary N) is 1. The Hall–Kier alpha value is -1.62.